The maximum atomic E-state index is 11.7. The van der Waals surface area contributed by atoms with Gasteiger partial charge >= 0.3 is 0 Å². The predicted molar refractivity (Wildman–Crippen MR) is 112 cm³/mol. The molecule has 150 valence electrons. The molecule has 0 unspecified atom stereocenters. The van der Waals surface area contributed by atoms with Crippen molar-refractivity contribution in [1.29, 1.82) is 0 Å². The summed E-state index contributed by atoms with van der Waals surface area (Å²) < 4.78 is 5.08. The number of nitrogens with one attached hydrogen (secondary N) is 1. The second-order valence-electron chi connectivity index (χ2n) is 7.22. The van der Waals surface area contributed by atoms with Crippen LogP contribution in [0.25, 0.3) is 16.7 Å². The Kier molecular flexibility index (Phi) is 4.05. The molecule has 30 heavy (non-hydrogen) atoms. The third-order valence-electron chi connectivity index (χ3n) is 5.02. The fourth-order valence-corrected chi connectivity index (χ4v) is 3.40. The molecule has 0 saturated carbocycles. The molecular formula is C20H19N9O. The fourth-order valence-electron chi connectivity index (χ4n) is 3.40. The Bertz CT molecular complexity index is 1460. The van der Waals surface area contributed by atoms with Gasteiger partial charge in [0.1, 0.15) is 6.33 Å². The second-order valence-corrected chi connectivity index (χ2v) is 7.22. The van der Waals surface area contributed by atoms with E-state index in [0.717, 1.165) is 39.2 Å². The van der Waals surface area contributed by atoms with E-state index in [9.17, 15) is 4.79 Å². The van der Waals surface area contributed by atoms with Crippen LogP contribution in [0.4, 0.5) is 11.6 Å². The Balaban J connectivity index is 1.52. The first kappa shape index (κ1) is 18.0. The van der Waals surface area contributed by atoms with E-state index < -0.39 is 0 Å². The van der Waals surface area contributed by atoms with Crippen molar-refractivity contribution in [3.05, 3.63) is 70.3 Å². The van der Waals surface area contributed by atoms with Crippen molar-refractivity contribution < 1.29 is 0 Å². The predicted octanol–water partition coefficient (Wildman–Crippen LogP) is 1.98. The minimum Gasteiger partial charge on any atom is -0.323 e. The van der Waals surface area contributed by atoms with Crippen LogP contribution in [-0.2, 0) is 13.6 Å². The fraction of sp³-hybridized carbons (Fsp3) is 0.200. The summed E-state index contributed by atoms with van der Waals surface area (Å²) in [6.45, 7) is 4.42. The summed E-state index contributed by atoms with van der Waals surface area (Å²) >= 11 is 0. The van der Waals surface area contributed by atoms with Crippen LogP contribution in [0.3, 0.4) is 0 Å². The van der Waals surface area contributed by atoms with Crippen LogP contribution in [0.5, 0.6) is 0 Å². The molecule has 0 saturated heterocycles. The molecule has 0 amide bonds. The van der Waals surface area contributed by atoms with E-state index in [0.29, 0.717) is 12.5 Å². The number of aromatic nitrogens is 8. The molecule has 5 rings (SSSR count). The van der Waals surface area contributed by atoms with Gasteiger partial charge in [0.15, 0.2) is 11.3 Å². The van der Waals surface area contributed by atoms with Gasteiger partial charge in [0.05, 0.1) is 29.5 Å². The summed E-state index contributed by atoms with van der Waals surface area (Å²) in [4.78, 5) is 25.0. The SMILES string of the molecule is Cc1cc2ncnn2cc1Nc1ncc2c(C)nn(Cc3ccc(=O)n(C)c3)c2n1. The molecule has 10 nitrogen and oxygen atoms in total. The van der Waals surface area contributed by atoms with Crippen molar-refractivity contribution in [1.82, 2.24) is 38.9 Å². The maximum absolute atomic E-state index is 11.7. The van der Waals surface area contributed by atoms with E-state index in [1.54, 1.807) is 28.4 Å². The number of anilines is 2. The standard InChI is InChI=1S/C20H19N9O/c1-12-6-17-22-11-23-28(17)10-16(12)24-20-21-7-15-13(2)26-29(19(15)25-20)9-14-4-5-18(30)27(3)8-14/h4-8,10-11H,9H2,1-3H3,(H,21,24,25). The largest absolute Gasteiger partial charge is 0.323 e. The lowest BCUT2D eigenvalue weighted by Gasteiger charge is -2.09. The van der Waals surface area contributed by atoms with Crippen LogP contribution in [-0.4, -0.2) is 38.9 Å². The lowest BCUT2D eigenvalue weighted by molar-refractivity contribution is 0.686. The highest BCUT2D eigenvalue weighted by atomic mass is 16.1. The first-order valence-corrected chi connectivity index (χ1v) is 9.41. The molecule has 0 aliphatic rings. The quantitative estimate of drug-likeness (QED) is 0.490. The van der Waals surface area contributed by atoms with Crippen molar-refractivity contribution in [2.24, 2.45) is 7.05 Å². The maximum Gasteiger partial charge on any atom is 0.250 e. The number of fused-ring (bicyclic) bond motifs is 2. The topological polar surface area (TPSA) is 108 Å². The molecule has 0 bridgehead atoms. The van der Waals surface area contributed by atoms with E-state index in [1.807, 2.05) is 43.1 Å². The minimum atomic E-state index is -0.0474. The van der Waals surface area contributed by atoms with Crippen LogP contribution in [0.15, 0.2) is 47.9 Å². The van der Waals surface area contributed by atoms with Gasteiger partial charge in [0.25, 0.3) is 0 Å². The number of aryl methyl sites for hydroxylation is 3. The number of pyridine rings is 2. The Morgan fingerprint density at radius 1 is 1.13 bits per heavy atom. The van der Waals surface area contributed by atoms with Gasteiger partial charge in [-0.15, -0.1) is 0 Å². The highest BCUT2D eigenvalue weighted by Crippen LogP contribution is 2.22. The summed E-state index contributed by atoms with van der Waals surface area (Å²) in [6, 6.07) is 5.31. The summed E-state index contributed by atoms with van der Waals surface area (Å²) in [5, 5.41) is 12.9. The highest BCUT2D eigenvalue weighted by molar-refractivity contribution is 5.79. The van der Waals surface area contributed by atoms with Crippen LogP contribution in [0.2, 0.25) is 0 Å². The zero-order valence-corrected chi connectivity index (χ0v) is 16.7. The Hall–Kier alpha value is -4.08. The van der Waals surface area contributed by atoms with Gasteiger partial charge < -0.3 is 9.88 Å². The van der Waals surface area contributed by atoms with Gasteiger partial charge in [-0.2, -0.15) is 15.2 Å². The minimum absolute atomic E-state index is 0.0474. The van der Waals surface area contributed by atoms with Crippen molar-refractivity contribution in [2.45, 2.75) is 20.4 Å². The van der Waals surface area contributed by atoms with Gasteiger partial charge in [0, 0.05) is 25.5 Å². The lowest BCUT2D eigenvalue weighted by Crippen LogP contribution is -2.16. The summed E-state index contributed by atoms with van der Waals surface area (Å²) in [5.74, 6) is 0.465. The van der Waals surface area contributed by atoms with Crippen LogP contribution in [0.1, 0.15) is 16.8 Å². The molecule has 0 aromatic carbocycles. The normalized spacial score (nSPS) is 11.4. The number of rotatable bonds is 4. The van der Waals surface area contributed by atoms with Gasteiger partial charge in [-0.05, 0) is 31.0 Å². The molecule has 0 spiro atoms. The monoisotopic (exact) mass is 401 g/mol. The lowest BCUT2D eigenvalue weighted by atomic mass is 10.2. The summed E-state index contributed by atoms with van der Waals surface area (Å²) in [5.41, 5.74) is 5.11. The highest BCUT2D eigenvalue weighted by Gasteiger charge is 2.13. The van der Waals surface area contributed by atoms with Crippen LogP contribution < -0.4 is 10.9 Å². The summed E-state index contributed by atoms with van der Waals surface area (Å²) in [6.07, 6.45) is 6.95. The number of hydrogen-bond acceptors (Lipinski definition) is 7. The molecule has 0 fully saturated rings. The zero-order valence-electron chi connectivity index (χ0n) is 16.7. The van der Waals surface area contributed by atoms with E-state index in [2.05, 4.69) is 25.5 Å². The molecule has 5 aromatic heterocycles. The molecule has 5 aromatic rings. The molecule has 10 heteroatoms. The first-order valence-electron chi connectivity index (χ1n) is 9.41. The Morgan fingerprint density at radius 2 is 2.00 bits per heavy atom. The van der Waals surface area contributed by atoms with Crippen molar-refractivity contribution in [3.8, 4) is 0 Å². The number of nitrogens with zero attached hydrogens (tertiary/aromatic N) is 8. The van der Waals surface area contributed by atoms with E-state index in [-0.39, 0.29) is 5.56 Å². The number of hydrogen-bond donors (Lipinski definition) is 1. The van der Waals surface area contributed by atoms with E-state index in [4.69, 9.17) is 4.98 Å². The van der Waals surface area contributed by atoms with Gasteiger partial charge in [-0.1, -0.05) is 6.07 Å². The Labute approximate surface area is 170 Å². The van der Waals surface area contributed by atoms with Gasteiger partial charge in [-0.3, -0.25) is 4.79 Å². The molecule has 0 radical (unpaired) electrons. The van der Waals surface area contributed by atoms with Crippen molar-refractivity contribution >= 4 is 28.3 Å². The van der Waals surface area contributed by atoms with E-state index >= 15 is 0 Å². The van der Waals surface area contributed by atoms with Gasteiger partial charge in [-0.25, -0.2) is 19.2 Å². The smallest absolute Gasteiger partial charge is 0.250 e. The summed E-state index contributed by atoms with van der Waals surface area (Å²) in [7, 11) is 1.73. The third-order valence-corrected chi connectivity index (χ3v) is 5.02. The van der Waals surface area contributed by atoms with Crippen LogP contribution in [0, 0.1) is 13.8 Å². The Morgan fingerprint density at radius 3 is 2.83 bits per heavy atom. The molecule has 0 aliphatic heterocycles. The molecule has 0 aliphatic carbocycles. The second kappa shape index (κ2) is 6.76. The average Bonchev–Trinajstić information content (AvgIpc) is 3.29. The molecule has 5 heterocycles. The molecular weight excluding hydrogens is 382 g/mol. The average molecular weight is 401 g/mol. The third kappa shape index (κ3) is 3.08. The molecule has 1 N–H and O–H groups in total. The zero-order chi connectivity index (χ0) is 20.8. The van der Waals surface area contributed by atoms with E-state index in [1.165, 1.54) is 6.33 Å². The van der Waals surface area contributed by atoms with Gasteiger partial charge in [0.2, 0.25) is 11.5 Å². The van der Waals surface area contributed by atoms with Crippen LogP contribution >= 0.6 is 0 Å². The van der Waals surface area contributed by atoms with Crippen molar-refractivity contribution in [3.63, 3.8) is 0 Å². The first-order chi connectivity index (χ1) is 14.5. The van der Waals surface area contributed by atoms with Crippen molar-refractivity contribution in [2.75, 3.05) is 5.32 Å². The molecule has 0 atom stereocenters.